The van der Waals surface area contributed by atoms with Gasteiger partial charge in [0.15, 0.2) is 16.7 Å². The van der Waals surface area contributed by atoms with Crippen molar-refractivity contribution in [2.45, 2.75) is 50.1 Å². The molecular formula is C35H40N6O3S. The zero-order chi connectivity index (χ0) is 31.2. The highest BCUT2D eigenvalue weighted by Crippen LogP contribution is 2.33. The Hall–Kier alpha value is -4.15. The maximum absolute atomic E-state index is 12.8. The van der Waals surface area contributed by atoms with Crippen LogP contribution in [0.2, 0.25) is 0 Å². The topological polar surface area (TPSA) is 92.7 Å². The van der Waals surface area contributed by atoms with E-state index in [-0.39, 0.29) is 11.3 Å². The van der Waals surface area contributed by atoms with Crippen molar-refractivity contribution in [3.8, 4) is 11.5 Å². The van der Waals surface area contributed by atoms with E-state index in [1.54, 1.807) is 18.0 Å². The zero-order valence-electron chi connectivity index (χ0n) is 26.2. The fourth-order valence-electron chi connectivity index (χ4n) is 5.36. The number of amides is 1. The molecule has 0 unspecified atom stereocenters. The Bertz CT molecular complexity index is 1620. The third kappa shape index (κ3) is 8.12. The molecule has 2 aliphatic rings. The third-order valence-corrected chi connectivity index (χ3v) is 8.87. The normalized spacial score (nSPS) is 14.9. The monoisotopic (exact) mass is 624 g/mol. The standard InChI is InChI=1S/C35H40N6O3S/c1-35(2,3)31-21-32(41-17-15-40(16-18-41)22-25-10-11-29-30(20-25)44-24-43-29)39-34(38-31)45-23-26-7-6-8-27(19-26)33(42)37-14-12-28-9-4-5-13-36-28/h4-11,13,19-21H,12,14-18,22-24H2,1-3H3,(H,37,42). The second kappa shape index (κ2) is 13.9. The lowest BCUT2D eigenvalue weighted by atomic mass is 9.92. The summed E-state index contributed by atoms with van der Waals surface area (Å²) >= 11 is 1.61. The lowest BCUT2D eigenvalue weighted by molar-refractivity contribution is 0.0954. The number of carbonyl (C=O) groups is 1. The molecule has 45 heavy (non-hydrogen) atoms. The Balaban J connectivity index is 1.07. The largest absolute Gasteiger partial charge is 0.454 e. The van der Waals surface area contributed by atoms with Crippen molar-refractivity contribution in [1.82, 2.24) is 25.2 Å². The minimum atomic E-state index is -0.110. The molecule has 4 heterocycles. The van der Waals surface area contributed by atoms with E-state index in [9.17, 15) is 4.79 Å². The van der Waals surface area contributed by atoms with Gasteiger partial charge in [-0.25, -0.2) is 9.97 Å². The number of pyridine rings is 1. The number of hydrogen-bond donors (Lipinski definition) is 1. The number of anilines is 1. The molecule has 0 atom stereocenters. The molecule has 1 saturated heterocycles. The van der Waals surface area contributed by atoms with Gasteiger partial charge in [0.2, 0.25) is 6.79 Å². The first kappa shape index (κ1) is 30.9. The predicted octanol–water partition coefficient (Wildman–Crippen LogP) is 5.48. The molecular weight excluding hydrogens is 584 g/mol. The van der Waals surface area contributed by atoms with E-state index in [0.717, 1.165) is 72.1 Å². The zero-order valence-corrected chi connectivity index (χ0v) is 27.0. The first-order valence-electron chi connectivity index (χ1n) is 15.5. The average Bonchev–Trinajstić information content (AvgIpc) is 3.52. The molecule has 1 N–H and O–H groups in total. The van der Waals surface area contributed by atoms with Crippen LogP contribution in [-0.2, 0) is 24.1 Å². The third-order valence-electron chi connectivity index (χ3n) is 7.95. The Morgan fingerprint density at radius 3 is 2.56 bits per heavy atom. The summed E-state index contributed by atoms with van der Waals surface area (Å²) in [5, 5.41) is 3.77. The van der Waals surface area contributed by atoms with Crippen LogP contribution in [0.5, 0.6) is 11.5 Å². The van der Waals surface area contributed by atoms with Crippen LogP contribution < -0.4 is 19.7 Å². The molecule has 0 spiro atoms. The molecule has 2 aromatic carbocycles. The summed E-state index contributed by atoms with van der Waals surface area (Å²) in [5.41, 5.74) is 4.82. The van der Waals surface area contributed by atoms with Gasteiger partial charge in [0, 0.05) is 80.4 Å². The van der Waals surface area contributed by atoms with Gasteiger partial charge in [-0.15, -0.1) is 0 Å². The van der Waals surface area contributed by atoms with Gasteiger partial charge in [0.05, 0.1) is 5.69 Å². The van der Waals surface area contributed by atoms with Crippen molar-refractivity contribution in [3.63, 3.8) is 0 Å². The number of thioether (sulfide) groups is 1. The van der Waals surface area contributed by atoms with Crippen molar-refractivity contribution < 1.29 is 14.3 Å². The number of ether oxygens (including phenoxy) is 2. The molecule has 6 rings (SSSR count). The number of aromatic nitrogens is 3. The molecule has 0 saturated carbocycles. The number of fused-ring (bicyclic) bond motifs is 1. The summed E-state index contributed by atoms with van der Waals surface area (Å²) in [6.07, 6.45) is 2.47. The fraction of sp³-hybridized carbons (Fsp3) is 0.371. The maximum Gasteiger partial charge on any atom is 0.251 e. The minimum absolute atomic E-state index is 0.0799. The van der Waals surface area contributed by atoms with Crippen molar-refractivity contribution in [2.24, 2.45) is 0 Å². The van der Waals surface area contributed by atoms with E-state index in [0.29, 0.717) is 31.1 Å². The van der Waals surface area contributed by atoms with Gasteiger partial charge in [-0.05, 0) is 47.5 Å². The van der Waals surface area contributed by atoms with E-state index >= 15 is 0 Å². The highest BCUT2D eigenvalue weighted by atomic mass is 32.2. The van der Waals surface area contributed by atoms with Crippen LogP contribution in [0.1, 0.15) is 53.6 Å². The predicted molar refractivity (Wildman–Crippen MR) is 177 cm³/mol. The van der Waals surface area contributed by atoms with Crippen molar-refractivity contribution in [1.29, 1.82) is 0 Å². The van der Waals surface area contributed by atoms with E-state index in [4.69, 9.17) is 19.4 Å². The van der Waals surface area contributed by atoms with Gasteiger partial charge in [-0.1, -0.05) is 56.8 Å². The van der Waals surface area contributed by atoms with Crippen LogP contribution in [0.25, 0.3) is 0 Å². The van der Waals surface area contributed by atoms with Gasteiger partial charge in [0.1, 0.15) is 5.82 Å². The second-order valence-corrected chi connectivity index (χ2v) is 13.4. The van der Waals surface area contributed by atoms with E-state index in [1.165, 1.54) is 5.56 Å². The molecule has 10 heteroatoms. The SMILES string of the molecule is CC(C)(C)c1cc(N2CCN(Cc3ccc4c(c3)OCO4)CC2)nc(SCc2cccc(C(=O)NCCc3ccccn3)c2)n1. The van der Waals surface area contributed by atoms with Crippen LogP contribution in [0.15, 0.2) is 78.1 Å². The van der Waals surface area contributed by atoms with Crippen LogP contribution in [-0.4, -0.2) is 65.3 Å². The van der Waals surface area contributed by atoms with Crippen LogP contribution in [0, 0.1) is 0 Å². The Labute approximate surface area is 269 Å². The molecule has 1 fully saturated rings. The van der Waals surface area contributed by atoms with Crippen molar-refractivity contribution in [3.05, 3.63) is 101 Å². The number of carbonyl (C=O) groups excluding carboxylic acids is 1. The van der Waals surface area contributed by atoms with E-state index < -0.39 is 0 Å². The van der Waals surface area contributed by atoms with Gasteiger partial charge < -0.3 is 19.7 Å². The van der Waals surface area contributed by atoms with Gasteiger partial charge in [0.25, 0.3) is 5.91 Å². The number of hydrogen-bond acceptors (Lipinski definition) is 9. The molecule has 4 aromatic rings. The quantitative estimate of drug-likeness (QED) is 0.182. The molecule has 0 radical (unpaired) electrons. The molecule has 2 aliphatic heterocycles. The highest BCUT2D eigenvalue weighted by Gasteiger charge is 2.24. The Kier molecular flexibility index (Phi) is 9.51. The average molecular weight is 625 g/mol. The van der Waals surface area contributed by atoms with Crippen LogP contribution >= 0.6 is 11.8 Å². The minimum Gasteiger partial charge on any atom is -0.454 e. The van der Waals surface area contributed by atoms with Crippen molar-refractivity contribution in [2.75, 3.05) is 44.4 Å². The first-order valence-corrected chi connectivity index (χ1v) is 16.4. The number of nitrogens with one attached hydrogen (secondary N) is 1. The molecule has 234 valence electrons. The summed E-state index contributed by atoms with van der Waals surface area (Å²) in [6.45, 7) is 12.0. The Morgan fingerprint density at radius 1 is 0.911 bits per heavy atom. The maximum atomic E-state index is 12.8. The van der Waals surface area contributed by atoms with Gasteiger partial charge >= 0.3 is 0 Å². The molecule has 0 bridgehead atoms. The Morgan fingerprint density at radius 2 is 1.76 bits per heavy atom. The van der Waals surface area contributed by atoms with E-state index in [1.807, 2.05) is 48.5 Å². The summed E-state index contributed by atoms with van der Waals surface area (Å²) in [4.78, 5) is 31.9. The van der Waals surface area contributed by atoms with Crippen molar-refractivity contribution >= 4 is 23.5 Å². The summed E-state index contributed by atoms with van der Waals surface area (Å²) < 4.78 is 11.0. The van der Waals surface area contributed by atoms with Crippen LogP contribution in [0.3, 0.4) is 0 Å². The lowest BCUT2D eigenvalue weighted by Crippen LogP contribution is -2.46. The number of rotatable bonds is 10. The summed E-state index contributed by atoms with van der Waals surface area (Å²) in [7, 11) is 0. The van der Waals surface area contributed by atoms with E-state index in [2.05, 4.69) is 59.1 Å². The lowest BCUT2D eigenvalue weighted by Gasteiger charge is -2.36. The first-order chi connectivity index (χ1) is 21.8. The molecule has 9 nitrogen and oxygen atoms in total. The van der Waals surface area contributed by atoms with Gasteiger partial charge in [-0.2, -0.15) is 0 Å². The molecule has 2 aromatic heterocycles. The van der Waals surface area contributed by atoms with Crippen LogP contribution in [0.4, 0.5) is 5.82 Å². The number of nitrogens with zero attached hydrogens (tertiary/aromatic N) is 5. The highest BCUT2D eigenvalue weighted by molar-refractivity contribution is 7.98. The summed E-state index contributed by atoms with van der Waals surface area (Å²) in [5.74, 6) is 3.22. The van der Waals surface area contributed by atoms with Gasteiger partial charge in [-0.3, -0.25) is 14.7 Å². The molecule has 1 amide bonds. The number of piperazine rings is 1. The fourth-order valence-corrected chi connectivity index (χ4v) is 6.15. The smallest absolute Gasteiger partial charge is 0.251 e. The summed E-state index contributed by atoms with van der Waals surface area (Å²) in [6, 6.07) is 22.0. The number of benzene rings is 2. The second-order valence-electron chi connectivity index (χ2n) is 12.4. The molecule has 0 aliphatic carbocycles.